The predicted octanol–water partition coefficient (Wildman–Crippen LogP) is 3.56. The summed E-state index contributed by atoms with van der Waals surface area (Å²) in [6, 6.07) is 0. The van der Waals surface area contributed by atoms with Gasteiger partial charge in [0, 0.05) is 0 Å². The van der Waals surface area contributed by atoms with Crippen LogP contribution < -0.4 is 0 Å². The van der Waals surface area contributed by atoms with Gasteiger partial charge in [0.1, 0.15) is 0 Å². The van der Waals surface area contributed by atoms with Gasteiger partial charge in [0.25, 0.3) is 0 Å². The van der Waals surface area contributed by atoms with Crippen LogP contribution in [0.1, 0.15) is 54.9 Å². The lowest BCUT2D eigenvalue weighted by atomic mass is 9.61. The third-order valence-corrected chi connectivity index (χ3v) is 3.01. The first-order valence-electron chi connectivity index (χ1n) is 5.13. The van der Waals surface area contributed by atoms with Crippen LogP contribution in [0.3, 0.4) is 0 Å². The van der Waals surface area contributed by atoms with Crippen LogP contribution in [0.5, 0.6) is 0 Å². The van der Waals surface area contributed by atoms with Gasteiger partial charge in [-0.3, -0.25) is 4.79 Å². The summed E-state index contributed by atoms with van der Waals surface area (Å²) < 4.78 is 0. The molecular weight excluding hydrogens is 176 g/mol. The van der Waals surface area contributed by atoms with E-state index in [-0.39, 0.29) is 10.8 Å². The lowest BCUT2D eigenvalue weighted by Crippen LogP contribution is -2.43. The molecule has 0 amide bonds. The van der Waals surface area contributed by atoms with Crippen LogP contribution in [-0.2, 0) is 4.79 Å². The molecule has 14 heavy (non-hydrogen) atoms. The van der Waals surface area contributed by atoms with Crippen LogP contribution in [0.25, 0.3) is 0 Å². The number of aliphatic carboxylic acids is 1. The second-order valence-electron chi connectivity index (χ2n) is 6.62. The molecule has 0 unspecified atom stereocenters. The van der Waals surface area contributed by atoms with Crippen molar-refractivity contribution in [2.24, 2.45) is 16.2 Å². The van der Waals surface area contributed by atoms with Crippen molar-refractivity contribution in [3.05, 3.63) is 0 Å². The maximum absolute atomic E-state index is 11.3. The number of carboxylic acids is 1. The second-order valence-corrected chi connectivity index (χ2v) is 6.62. The van der Waals surface area contributed by atoms with Gasteiger partial charge in [-0.05, 0) is 24.2 Å². The second kappa shape index (κ2) is 3.56. The van der Waals surface area contributed by atoms with Gasteiger partial charge in [-0.15, -0.1) is 0 Å². The van der Waals surface area contributed by atoms with Crippen LogP contribution in [0, 0.1) is 16.2 Å². The lowest BCUT2D eigenvalue weighted by molar-refractivity contribution is -0.157. The molecule has 0 aromatic heterocycles. The van der Waals surface area contributed by atoms with Gasteiger partial charge < -0.3 is 5.11 Å². The minimum Gasteiger partial charge on any atom is -0.481 e. The fraction of sp³-hybridized carbons (Fsp3) is 0.917. The summed E-state index contributed by atoms with van der Waals surface area (Å²) in [5, 5.41) is 9.33. The average molecular weight is 200 g/mol. The fourth-order valence-electron chi connectivity index (χ4n) is 1.72. The highest BCUT2D eigenvalue weighted by atomic mass is 16.4. The van der Waals surface area contributed by atoms with E-state index in [1.165, 1.54) is 0 Å². The summed E-state index contributed by atoms with van der Waals surface area (Å²) in [5.41, 5.74) is -0.836. The average Bonchev–Trinajstić information content (AvgIpc) is 1.79. The van der Waals surface area contributed by atoms with E-state index in [4.69, 9.17) is 0 Å². The van der Waals surface area contributed by atoms with Crippen molar-refractivity contribution in [3.63, 3.8) is 0 Å². The number of carboxylic acid groups (broad SMARTS) is 1. The summed E-state index contributed by atoms with van der Waals surface area (Å²) in [5.74, 6) is -0.695. The van der Waals surface area contributed by atoms with Crippen LogP contribution in [-0.4, -0.2) is 11.1 Å². The van der Waals surface area contributed by atoms with E-state index in [1.54, 1.807) is 0 Å². The highest BCUT2D eigenvalue weighted by molar-refractivity contribution is 5.75. The highest BCUT2D eigenvalue weighted by Crippen LogP contribution is 2.46. The minimum atomic E-state index is -0.695. The molecule has 84 valence electrons. The zero-order chi connectivity index (χ0) is 11.8. The summed E-state index contributed by atoms with van der Waals surface area (Å²) in [6.45, 7) is 14.1. The Bertz CT molecular complexity index is 217. The highest BCUT2D eigenvalue weighted by Gasteiger charge is 2.46. The molecule has 0 fully saturated rings. The molecular formula is C12H24O2. The van der Waals surface area contributed by atoms with Gasteiger partial charge in [0.2, 0.25) is 0 Å². The molecule has 0 saturated carbocycles. The summed E-state index contributed by atoms with van der Waals surface area (Å²) >= 11 is 0. The molecule has 1 N–H and O–H groups in total. The molecule has 0 rings (SSSR count). The van der Waals surface area contributed by atoms with E-state index < -0.39 is 11.4 Å². The van der Waals surface area contributed by atoms with Gasteiger partial charge >= 0.3 is 5.97 Å². The molecule has 0 aliphatic carbocycles. The minimum absolute atomic E-state index is 0.0421. The quantitative estimate of drug-likeness (QED) is 0.740. The molecule has 0 bridgehead atoms. The molecule has 0 saturated heterocycles. The maximum atomic E-state index is 11.3. The van der Waals surface area contributed by atoms with Crippen molar-refractivity contribution < 1.29 is 9.90 Å². The summed E-state index contributed by atoms with van der Waals surface area (Å²) in [6.07, 6.45) is 0.693. The Balaban J connectivity index is 5.04. The van der Waals surface area contributed by atoms with E-state index in [2.05, 4.69) is 20.8 Å². The smallest absolute Gasteiger partial charge is 0.309 e. The molecule has 0 aromatic rings. The topological polar surface area (TPSA) is 37.3 Å². The first-order valence-corrected chi connectivity index (χ1v) is 5.13. The van der Waals surface area contributed by atoms with E-state index in [0.717, 1.165) is 0 Å². The molecule has 1 atom stereocenters. The Labute approximate surface area is 87.7 Å². The van der Waals surface area contributed by atoms with Gasteiger partial charge in [0.15, 0.2) is 0 Å². The molecule has 2 nitrogen and oxygen atoms in total. The lowest BCUT2D eigenvalue weighted by Gasteiger charge is -2.42. The fourth-order valence-corrected chi connectivity index (χ4v) is 1.72. The summed E-state index contributed by atoms with van der Waals surface area (Å²) in [4.78, 5) is 11.3. The van der Waals surface area contributed by atoms with Gasteiger partial charge in [-0.2, -0.15) is 0 Å². The standard InChI is InChI=1S/C12H24O2/c1-10(2,3)8-12(7,9(13)14)11(4,5)6/h8H2,1-7H3,(H,13,14)/t12-/m1/s1. The van der Waals surface area contributed by atoms with Crippen molar-refractivity contribution in [2.45, 2.75) is 54.9 Å². The van der Waals surface area contributed by atoms with E-state index in [0.29, 0.717) is 6.42 Å². The number of rotatable bonds is 2. The molecule has 0 heterocycles. The number of carbonyl (C=O) groups is 1. The van der Waals surface area contributed by atoms with E-state index in [9.17, 15) is 9.90 Å². The van der Waals surface area contributed by atoms with Crippen molar-refractivity contribution >= 4 is 5.97 Å². The van der Waals surface area contributed by atoms with E-state index >= 15 is 0 Å². The first kappa shape index (κ1) is 13.5. The molecule has 0 radical (unpaired) electrons. The predicted molar refractivity (Wildman–Crippen MR) is 59.3 cm³/mol. The van der Waals surface area contributed by atoms with Gasteiger partial charge in [-0.25, -0.2) is 0 Å². The van der Waals surface area contributed by atoms with Crippen LogP contribution in [0.15, 0.2) is 0 Å². The summed E-state index contributed by atoms with van der Waals surface area (Å²) in [7, 11) is 0. The Hall–Kier alpha value is -0.530. The van der Waals surface area contributed by atoms with Crippen LogP contribution in [0.4, 0.5) is 0 Å². The Morgan fingerprint density at radius 2 is 1.36 bits per heavy atom. The van der Waals surface area contributed by atoms with Crippen molar-refractivity contribution in [1.82, 2.24) is 0 Å². The van der Waals surface area contributed by atoms with Crippen molar-refractivity contribution in [2.75, 3.05) is 0 Å². The third kappa shape index (κ3) is 3.00. The van der Waals surface area contributed by atoms with Gasteiger partial charge in [0.05, 0.1) is 5.41 Å². The monoisotopic (exact) mass is 200 g/mol. The Kier molecular flexibility index (Phi) is 3.42. The molecule has 2 heteroatoms. The molecule has 0 aliphatic heterocycles. The maximum Gasteiger partial charge on any atom is 0.309 e. The Morgan fingerprint density at radius 1 is 1.00 bits per heavy atom. The zero-order valence-corrected chi connectivity index (χ0v) is 10.6. The van der Waals surface area contributed by atoms with Crippen molar-refractivity contribution in [1.29, 1.82) is 0 Å². The normalized spacial score (nSPS) is 17.6. The third-order valence-electron chi connectivity index (χ3n) is 3.01. The van der Waals surface area contributed by atoms with Crippen LogP contribution in [0.2, 0.25) is 0 Å². The molecule has 0 spiro atoms. The van der Waals surface area contributed by atoms with Crippen molar-refractivity contribution in [3.8, 4) is 0 Å². The number of hydrogen-bond acceptors (Lipinski definition) is 1. The Morgan fingerprint density at radius 3 is 1.43 bits per heavy atom. The van der Waals surface area contributed by atoms with Gasteiger partial charge in [-0.1, -0.05) is 41.5 Å². The number of hydrogen-bond donors (Lipinski definition) is 1. The van der Waals surface area contributed by atoms with E-state index in [1.807, 2.05) is 27.7 Å². The first-order chi connectivity index (χ1) is 5.90. The molecule has 0 aromatic carbocycles. The zero-order valence-electron chi connectivity index (χ0n) is 10.6. The van der Waals surface area contributed by atoms with Crippen LogP contribution >= 0.6 is 0 Å². The SMILES string of the molecule is CC(C)(C)C[C@](C)(C(=O)O)C(C)(C)C. The largest absolute Gasteiger partial charge is 0.481 e. The molecule has 0 aliphatic rings.